The SMILES string of the molecule is CC(C)(C)c1[c-]c2c(cc1)-c1ccc(C(C)(C)C)cc1C2.CC1=[C-]C(C)C=C1c1ccccc1.Cc1ccc([CH]=[Zr+2])cc1.[Cl-].[Cl-]. The van der Waals surface area contributed by atoms with Gasteiger partial charge in [0.05, 0.1) is 0 Å². The Bertz CT molecular complexity index is 1570. The molecule has 0 aliphatic heterocycles. The molecular weight excluding hydrogens is 667 g/mol. The van der Waals surface area contributed by atoms with Crippen molar-refractivity contribution in [2.75, 3.05) is 0 Å². The summed E-state index contributed by atoms with van der Waals surface area (Å²) in [5, 5.41) is 0. The number of benzene rings is 4. The molecule has 4 aromatic rings. The van der Waals surface area contributed by atoms with Gasteiger partial charge in [-0.1, -0.05) is 115 Å². The third kappa shape index (κ3) is 10.3. The first kappa shape index (κ1) is 38.9. The van der Waals surface area contributed by atoms with Crippen molar-refractivity contribution in [3.05, 3.63) is 148 Å². The van der Waals surface area contributed by atoms with Gasteiger partial charge < -0.3 is 24.8 Å². The fourth-order valence-corrected chi connectivity index (χ4v) is 5.93. The van der Waals surface area contributed by atoms with Crippen LogP contribution in [0.4, 0.5) is 0 Å². The molecule has 0 saturated carbocycles. The van der Waals surface area contributed by atoms with Crippen LogP contribution in [0, 0.1) is 25.0 Å². The fourth-order valence-electron chi connectivity index (χ4n) is 5.46. The van der Waals surface area contributed by atoms with Gasteiger partial charge in [0.2, 0.25) is 0 Å². The molecule has 6 rings (SSSR count). The molecule has 0 bridgehead atoms. The zero-order chi connectivity index (χ0) is 31.4. The second kappa shape index (κ2) is 16.5. The zero-order valence-corrected chi connectivity index (χ0v) is 32.2. The van der Waals surface area contributed by atoms with E-state index in [9.17, 15) is 0 Å². The molecule has 1 unspecified atom stereocenters. The summed E-state index contributed by atoms with van der Waals surface area (Å²) in [7, 11) is 0. The number of hydrogen-bond acceptors (Lipinski definition) is 0. The van der Waals surface area contributed by atoms with Crippen molar-refractivity contribution in [3.8, 4) is 11.1 Å². The topological polar surface area (TPSA) is 0 Å². The first-order valence-electron chi connectivity index (χ1n) is 15.4. The maximum atomic E-state index is 3.67. The second-order valence-electron chi connectivity index (χ2n) is 13.9. The molecule has 2 aliphatic rings. The third-order valence-corrected chi connectivity index (χ3v) is 8.88. The van der Waals surface area contributed by atoms with E-state index in [1.807, 2.05) is 6.07 Å². The maximum absolute atomic E-state index is 3.67. The second-order valence-corrected chi connectivity index (χ2v) is 14.6. The van der Waals surface area contributed by atoms with Crippen LogP contribution in [0.2, 0.25) is 0 Å². The zero-order valence-electron chi connectivity index (χ0n) is 28.3. The molecule has 0 heterocycles. The van der Waals surface area contributed by atoms with E-state index in [-0.39, 0.29) is 35.6 Å². The van der Waals surface area contributed by atoms with Crippen molar-refractivity contribution in [1.29, 1.82) is 0 Å². The van der Waals surface area contributed by atoms with E-state index in [0.717, 1.165) is 6.42 Å². The standard InChI is InChI=1S/C21H25.C13H13.C8H8.2ClH.Zr/c1-20(2,3)16-7-9-18-14(12-16)11-15-13-17(21(4,5)6)8-10-19(15)18;1-10-8-11(2)13(9-10)12-6-4-3-5-7-12;1-7-3-5-8(2)6-4-7;;;/h7-10,12H,11H2,1-6H3;3-7,9-10H,1-2H3;1,3-6H,2H3;2*1H;/q2*-1;;;;+2/p-2. The number of rotatable bonds is 2. The third-order valence-electron chi connectivity index (χ3n) is 8.06. The molecule has 0 aromatic heterocycles. The quantitative estimate of drug-likeness (QED) is 0.231. The van der Waals surface area contributed by atoms with E-state index in [1.165, 1.54) is 85.5 Å². The Kier molecular flexibility index (Phi) is 14.3. The molecule has 0 N–H and O–H groups in total. The Labute approximate surface area is 300 Å². The monoisotopic (exact) mass is 710 g/mol. The average Bonchev–Trinajstić information content (AvgIpc) is 3.51. The fraction of sp³-hybridized carbons (Fsp3) is 0.310. The summed E-state index contributed by atoms with van der Waals surface area (Å²) >= 11 is 1.47. The molecule has 234 valence electrons. The molecule has 4 aromatic carbocycles. The minimum absolute atomic E-state index is 0. The van der Waals surface area contributed by atoms with Gasteiger partial charge in [-0.05, 0) is 28.4 Å². The van der Waals surface area contributed by atoms with Crippen molar-refractivity contribution in [3.63, 3.8) is 0 Å². The van der Waals surface area contributed by atoms with Crippen LogP contribution in [-0.4, -0.2) is 3.71 Å². The molecular formula is C42H46Cl2Zr-2. The van der Waals surface area contributed by atoms with E-state index in [2.05, 4.69) is 163 Å². The maximum Gasteiger partial charge on any atom is -1.00 e. The normalized spacial score (nSPS) is 14.5. The average molecular weight is 713 g/mol. The molecule has 3 heteroatoms. The molecule has 0 saturated heterocycles. The Morgan fingerprint density at radius 3 is 1.91 bits per heavy atom. The van der Waals surface area contributed by atoms with Crippen LogP contribution in [0.3, 0.4) is 0 Å². The number of aryl methyl sites for hydroxylation is 1. The molecule has 0 nitrogen and oxygen atoms in total. The summed E-state index contributed by atoms with van der Waals surface area (Å²) in [4.78, 5) is 0. The van der Waals surface area contributed by atoms with Gasteiger partial charge in [-0.2, -0.15) is 35.4 Å². The smallest absolute Gasteiger partial charge is 1.00 e. The van der Waals surface area contributed by atoms with Gasteiger partial charge in [0, 0.05) is 0 Å². The summed E-state index contributed by atoms with van der Waals surface area (Å²) in [6, 6.07) is 34.2. The van der Waals surface area contributed by atoms with Gasteiger partial charge >= 0.3 is 70.3 Å². The van der Waals surface area contributed by atoms with Crippen LogP contribution in [0.5, 0.6) is 0 Å². The first-order valence-corrected chi connectivity index (χ1v) is 16.8. The van der Waals surface area contributed by atoms with Crippen LogP contribution >= 0.6 is 0 Å². The van der Waals surface area contributed by atoms with Gasteiger partial charge in [0.15, 0.2) is 0 Å². The Balaban J connectivity index is 0.000000252. The molecule has 1 atom stereocenters. The predicted molar refractivity (Wildman–Crippen MR) is 183 cm³/mol. The molecule has 0 spiro atoms. The molecule has 2 aliphatic carbocycles. The molecule has 45 heavy (non-hydrogen) atoms. The van der Waals surface area contributed by atoms with Crippen LogP contribution in [0.25, 0.3) is 16.7 Å². The number of allylic oxidation sites excluding steroid dienone is 4. The summed E-state index contributed by atoms with van der Waals surface area (Å²) in [6.07, 6.45) is 6.68. The Hall–Kier alpha value is -2.31. The van der Waals surface area contributed by atoms with E-state index >= 15 is 0 Å². The minimum atomic E-state index is 0. The van der Waals surface area contributed by atoms with Crippen molar-refractivity contribution in [1.82, 2.24) is 0 Å². The number of halogens is 2. The van der Waals surface area contributed by atoms with Crippen molar-refractivity contribution < 1.29 is 49.0 Å². The molecule has 0 radical (unpaired) electrons. The summed E-state index contributed by atoms with van der Waals surface area (Å²) in [5.74, 6) is 0.468. The minimum Gasteiger partial charge on any atom is -1.00 e. The van der Waals surface area contributed by atoms with Crippen molar-refractivity contribution in [2.45, 2.75) is 79.6 Å². The van der Waals surface area contributed by atoms with Gasteiger partial charge in [0.1, 0.15) is 0 Å². The van der Waals surface area contributed by atoms with Crippen LogP contribution in [0.15, 0.2) is 96.6 Å². The van der Waals surface area contributed by atoms with Crippen molar-refractivity contribution in [2.24, 2.45) is 5.92 Å². The van der Waals surface area contributed by atoms with Crippen LogP contribution in [0.1, 0.15) is 94.3 Å². The summed E-state index contributed by atoms with van der Waals surface area (Å²) in [6.45, 7) is 20.0. The molecule has 0 amide bonds. The predicted octanol–water partition coefficient (Wildman–Crippen LogP) is 4.82. The van der Waals surface area contributed by atoms with Gasteiger partial charge in [-0.25, -0.2) is 5.57 Å². The van der Waals surface area contributed by atoms with Gasteiger partial charge in [0.25, 0.3) is 0 Å². The van der Waals surface area contributed by atoms with E-state index in [1.54, 1.807) is 0 Å². The van der Waals surface area contributed by atoms with Gasteiger partial charge in [-0.15, -0.1) is 16.7 Å². The summed E-state index contributed by atoms with van der Waals surface area (Å²) < 4.78 is 2.19. The Morgan fingerprint density at radius 2 is 1.38 bits per heavy atom. The van der Waals surface area contributed by atoms with E-state index in [4.69, 9.17) is 0 Å². The summed E-state index contributed by atoms with van der Waals surface area (Å²) in [5.41, 5.74) is 15.3. The molecule has 0 fully saturated rings. The van der Waals surface area contributed by atoms with Crippen LogP contribution < -0.4 is 24.8 Å². The largest absolute Gasteiger partial charge is 1.00 e. The van der Waals surface area contributed by atoms with Crippen molar-refractivity contribution >= 4 is 9.28 Å². The van der Waals surface area contributed by atoms with E-state index < -0.39 is 0 Å². The van der Waals surface area contributed by atoms with Crippen LogP contribution in [-0.2, 0) is 41.5 Å². The van der Waals surface area contributed by atoms with E-state index in [0.29, 0.717) is 5.92 Å². The van der Waals surface area contributed by atoms with Gasteiger partial charge in [-0.3, -0.25) is 6.08 Å². The number of hydrogen-bond donors (Lipinski definition) is 0. The Morgan fingerprint density at radius 1 is 0.756 bits per heavy atom. The number of fused-ring (bicyclic) bond motifs is 3. The first-order chi connectivity index (χ1) is 20.3.